The van der Waals surface area contributed by atoms with Gasteiger partial charge >= 0.3 is 0 Å². The number of thiazole rings is 1. The number of nitrogens with zero attached hydrogens (tertiary/aromatic N) is 5. The van der Waals surface area contributed by atoms with Gasteiger partial charge in [0.05, 0.1) is 0 Å². The van der Waals surface area contributed by atoms with E-state index in [4.69, 9.17) is 0 Å². The van der Waals surface area contributed by atoms with Crippen molar-refractivity contribution >= 4 is 22.2 Å². The SMILES string of the molecule is Cc1nnc2sc(C(=O)N(C)C3CCN(C)CC3)c(C)n12. The number of fused-ring (bicyclic) bond motifs is 1. The fourth-order valence-corrected chi connectivity index (χ4v) is 4.06. The van der Waals surface area contributed by atoms with E-state index in [1.807, 2.05) is 30.2 Å². The smallest absolute Gasteiger partial charge is 0.265 e. The van der Waals surface area contributed by atoms with Crippen molar-refractivity contribution in [1.82, 2.24) is 24.4 Å². The summed E-state index contributed by atoms with van der Waals surface area (Å²) in [6.45, 7) is 5.99. The Hall–Kier alpha value is -1.47. The Morgan fingerprint density at radius 3 is 2.57 bits per heavy atom. The molecular formula is C14H21N5OS. The molecule has 1 saturated heterocycles. The Kier molecular flexibility index (Phi) is 3.71. The highest BCUT2D eigenvalue weighted by atomic mass is 32.1. The quantitative estimate of drug-likeness (QED) is 0.845. The Bertz CT molecular complexity index is 668. The zero-order valence-corrected chi connectivity index (χ0v) is 13.8. The Morgan fingerprint density at radius 2 is 1.95 bits per heavy atom. The molecule has 0 unspecified atom stereocenters. The van der Waals surface area contributed by atoms with E-state index >= 15 is 0 Å². The average molecular weight is 307 g/mol. The van der Waals surface area contributed by atoms with Crippen LogP contribution in [0.15, 0.2) is 0 Å². The van der Waals surface area contributed by atoms with Gasteiger partial charge in [-0.15, -0.1) is 10.2 Å². The third kappa shape index (κ3) is 2.44. The second kappa shape index (κ2) is 5.38. The number of likely N-dealkylation sites (tertiary alicyclic amines) is 1. The molecule has 3 rings (SSSR count). The van der Waals surface area contributed by atoms with Crippen LogP contribution < -0.4 is 0 Å². The lowest BCUT2D eigenvalue weighted by atomic mass is 10.0. The minimum Gasteiger partial charge on any atom is -0.338 e. The summed E-state index contributed by atoms with van der Waals surface area (Å²) in [5.74, 6) is 0.941. The number of aryl methyl sites for hydroxylation is 2. The van der Waals surface area contributed by atoms with Gasteiger partial charge in [0, 0.05) is 18.8 Å². The molecule has 2 aromatic rings. The predicted molar refractivity (Wildman–Crippen MR) is 83.0 cm³/mol. The zero-order valence-electron chi connectivity index (χ0n) is 13.0. The molecule has 21 heavy (non-hydrogen) atoms. The minimum absolute atomic E-state index is 0.108. The molecule has 0 N–H and O–H groups in total. The lowest BCUT2D eigenvalue weighted by Gasteiger charge is -2.35. The van der Waals surface area contributed by atoms with Gasteiger partial charge in [0.25, 0.3) is 5.91 Å². The topological polar surface area (TPSA) is 53.7 Å². The number of hydrogen-bond donors (Lipinski definition) is 0. The molecule has 0 aliphatic carbocycles. The van der Waals surface area contributed by atoms with Gasteiger partial charge < -0.3 is 9.80 Å². The first-order chi connectivity index (χ1) is 9.99. The van der Waals surface area contributed by atoms with Gasteiger partial charge in [-0.25, -0.2) is 0 Å². The minimum atomic E-state index is 0.108. The highest BCUT2D eigenvalue weighted by Gasteiger charge is 2.27. The highest BCUT2D eigenvalue weighted by Crippen LogP contribution is 2.25. The van der Waals surface area contributed by atoms with Gasteiger partial charge in [0.15, 0.2) is 0 Å². The average Bonchev–Trinajstić information content (AvgIpc) is 2.99. The molecule has 0 spiro atoms. The Morgan fingerprint density at radius 1 is 1.29 bits per heavy atom. The first-order valence-electron chi connectivity index (χ1n) is 7.26. The Labute approximate surface area is 128 Å². The molecule has 3 heterocycles. The van der Waals surface area contributed by atoms with Crippen LogP contribution in [0, 0.1) is 13.8 Å². The molecule has 1 amide bonds. The lowest BCUT2D eigenvalue weighted by molar-refractivity contribution is 0.0663. The first-order valence-corrected chi connectivity index (χ1v) is 8.07. The summed E-state index contributed by atoms with van der Waals surface area (Å²) in [6.07, 6.45) is 2.09. The summed E-state index contributed by atoms with van der Waals surface area (Å²) >= 11 is 1.43. The van der Waals surface area contributed by atoms with Crippen molar-refractivity contribution in [2.45, 2.75) is 32.7 Å². The van der Waals surface area contributed by atoms with E-state index in [9.17, 15) is 4.79 Å². The molecule has 7 heteroatoms. The number of piperidine rings is 1. The lowest BCUT2D eigenvalue weighted by Crippen LogP contribution is -2.44. The summed E-state index contributed by atoms with van der Waals surface area (Å²) < 4.78 is 1.96. The number of amides is 1. The zero-order chi connectivity index (χ0) is 15.1. The number of aromatic nitrogens is 3. The Balaban J connectivity index is 1.84. The van der Waals surface area contributed by atoms with Crippen LogP contribution in [0.4, 0.5) is 0 Å². The van der Waals surface area contributed by atoms with Gasteiger partial charge in [-0.1, -0.05) is 11.3 Å². The van der Waals surface area contributed by atoms with Crippen LogP contribution in [0.1, 0.15) is 34.0 Å². The molecule has 0 bridgehead atoms. The molecule has 0 aromatic carbocycles. The van der Waals surface area contributed by atoms with Gasteiger partial charge in [-0.05, 0) is 46.8 Å². The number of carbonyl (C=O) groups excluding carboxylic acids is 1. The van der Waals surface area contributed by atoms with Crippen molar-refractivity contribution < 1.29 is 4.79 Å². The molecule has 6 nitrogen and oxygen atoms in total. The predicted octanol–water partition coefficient (Wildman–Crippen LogP) is 1.57. The number of carbonyl (C=O) groups is 1. The second-order valence-electron chi connectivity index (χ2n) is 5.83. The van der Waals surface area contributed by atoms with E-state index in [-0.39, 0.29) is 5.91 Å². The van der Waals surface area contributed by atoms with Crippen LogP contribution in [0.2, 0.25) is 0 Å². The fraction of sp³-hybridized carbons (Fsp3) is 0.643. The van der Waals surface area contributed by atoms with E-state index < -0.39 is 0 Å². The fourth-order valence-electron chi connectivity index (χ4n) is 2.97. The van der Waals surface area contributed by atoms with Gasteiger partial charge in [0.1, 0.15) is 10.7 Å². The van der Waals surface area contributed by atoms with Crippen LogP contribution >= 0.6 is 11.3 Å². The summed E-state index contributed by atoms with van der Waals surface area (Å²) in [5, 5.41) is 8.17. The van der Waals surface area contributed by atoms with Crippen molar-refractivity contribution in [2.24, 2.45) is 0 Å². The van der Waals surface area contributed by atoms with Gasteiger partial charge in [0.2, 0.25) is 4.96 Å². The van der Waals surface area contributed by atoms with E-state index in [0.29, 0.717) is 6.04 Å². The molecule has 0 atom stereocenters. The number of hydrogen-bond acceptors (Lipinski definition) is 5. The summed E-state index contributed by atoms with van der Waals surface area (Å²) in [5.41, 5.74) is 0.947. The molecule has 0 saturated carbocycles. The van der Waals surface area contributed by atoms with Crippen molar-refractivity contribution in [3.63, 3.8) is 0 Å². The van der Waals surface area contributed by atoms with Crippen molar-refractivity contribution in [2.75, 3.05) is 27.2 Å². The maximum atomic E-state index is 12.8. The summed E-state index contributed by atoms with van der Waals surface area (Å²) in [6, 6.07) is 0.335. The van der Waals surface area contributed by atoms with Crippen LogP contribution in [-0.4, -0.2) is 63.5 Å². The van der Waals surface area contributed by atoms with E-state index in [2.05, 4.69) is 22.1 Å². The molecule has 1 aliphatic heterocycles. The van der Waals surface area contributed by atoms with E-state index in [1.54, 1.807) is 0 Å². The van der Waals surface area contributed by atoms with Gasteiger partial charge in [-0.3, -0.25) is 9.20 Å². The van der Waals surface area contributed by atoms with Crippen molar-refractivity contribution in [3.05, 3.63) is 16.4 Å². The van der Waals surface area contributed by atoms with Crippen LogP contribution in [0.3, 0.4) is 0 Å². The standard InChI is InChI=1S/C14H21N5OS/c1-9-12(21-14-16-15-10(2)19(9)14)13(20)18(4)11-5-7-17(3)8-6-11/h11H,5-8H2,1-4H3. The summed E-state index contributed by atoms with van der Waals surface area (Å²) in [7, 11) is 4.05. The number of rotatable bonds is 2. The van der Waals surface area contributed by atoms with Crippen molar-refractivity contribution in [3.8, 4) is 0 Å². The monoisotopic (exact) mass is 307 g/mol. The molecule has 114 valence electrons. The molecule has 1 fully saturated rings. The van der Waals surface area contributed by atoms with E-state index in [0.717, 1.165) is 47.3 Å². The molecule has 2 aromatic heterocycles. The second-order valence-corrected chi connectivity index (χ2v) is 6.81. The van der Waals surface area contributed by atoms with Gasteiger partial charge in [-0.2, -0.15) is 0 Å². The van der Waals surface area contributed by atoms with Crippen LogP contribution in [0.25, 0.3) is 4.96 Å². The molecule has 1 aliphatic rings. The third-order valence-electron chi connectivity index (χ3n) is 4.40. The maximum absolute atomic E-state index is 12.8. The van der Waals surface area contributed by atoms with E-state index in [1.165, 1.54) is 11.3 Å². The highest BCUT2D eigenvalue weighted by molar-refractivity contribution is 7.19. The third-order valence-corrected chi connectivity index (χ3v) is 5.52. The molecular weight excluding hydrogens is 286 g/mol. The normalized spacial score (nSPS) is 17.5. The van der Waals surface area contributed by atoms with Crippen LogP contribution in [-0.2, 0) is 0 Å². The van der Waals surface area contributed by atoms with Crippen LogP contribution in [0.5, 0.6) is 0 Å². The molecule has 0 radical (unpaired) electrons. The maximum Gasteiger partial charge on any atom is 0.265 e. The van der Waals surface area contributed by atoms with Crippen molar-refractivity contribution in [1.29, 1.82) is 0 Å². The summed E-state index contributed by atoms with van der Waals surface area (Å²) in [4.78, 5) is 18.6. The first kappa shape index (κ1) is 14.5. The largest absolute Gasteiger partial charge is 0.338 e.